The molecule has 1 saturated heterocycles. The molecule has 1 heterocycles. The summed E-state index contributed by atoms with van der Waals surface area (Å²) in [6, 6.07) is 0.741. The summed E-state index contributed by atoms with van der Waals surface area (Å²) in [5, 5.41) is 3.80. The van der Waals surface area contributed by atoms with Gasteiger partial charge in [0, 0.05) is 18.2 Å². The third-order valence-electron chi connectivity index (χ3n) is 3.71. The highest BCUT2D eigenvalue weighted by Crippen LogP contribution is 2.27. The van der Waals surface area contributed by atoms with Gasteiger partial charge in [0.15, 0.2) is 0 Å². The Labute approximate surface area is 87.4 Å². The van der Waals surface area contributed by atoms with Gasteiger partial charge in [-0.3, -0.25) is 0 Å². The molecular weight excluding hydrogens is 174 g/mol. The minimum atomic E-state index is 0.266. The number of nitrogens with one attached hydrogen (secondary N) is 1. The van der Waals surface area contributed by atoms with Crippen molar-refractivity contribution in [3.8, 4) is 0 Å². The van der Waals surface area contributed by atoms with Crippen LogP contribution in [0.2, 0.25) is 0 Å². The normalized spacial score (nSPS) is 44.1. The van der Waals surface area contributed by atoms with Crippen LogP contribution in [0.3, 0.4) is 0 Å². The van der Waals surface area contributed by atoms with Crippen LogP contribution in [0.15, 0.2) is 0 Å². The molecule has 0 aromatic rings. The Morgan fingerprint density at radius 3 is 2.86 bits per heavy atom. The van der Waals surface area contributed by atoms with E-state index in [0.717, 1.165) is 25.2 Å². The van der Waals surface area contributed by atoms with E-state index in [0.29, 0.717) is 0 Å². The molecule has 3 unspecified atom stereocenters. The number of hydrogen-bond donors (Lipinski definition) is 1. The van der Waals surface area contributed by atoms with Gasteiger partial charge in [0.2, 0.25) is 0 Å². The molecule has 14 heavy (non-hydrogen) atoms. The van der Waals surface area contributed by atoms with Gasteiger partial charge in [-0.15, -0.1) is 0 Å². The zero-order valence-corrected chi connectivity index (χ0v) is 9.51. The number of ether oxygens (including phenoxy) is 1. The molecule has 3 atom stereocenters. The maximum absolute atomic E-state index is 5.47. The zero-order valence-electron chi connectivity index (χ0n) is 9.51. The Balaban J connectivity index is 1.83. The molecule has 2 fully saturated rings. The summed E-state index contributed by atoms with van der Waals surface area (Å²) in [6.45, 7) is 6.52. The molecule has 2 aliphatic rings. The first-order valence-corrected chi connectivity index (χ1v) is 6.03. The molecule has 0 aromatic carbocycles. The highest BCUT2D eigenvalue weighted by atomic mass is 16.5. The third kappa shape index (κ3) is 2.48. The van der Waals surface area contributed by atoms with Gasteiger partial charge >= 0.3 is 0 Å². The molecule has 1 aliphatic heterocycles. The molecule has 1 saturated carbocycles. The monoisotopic (exact) mass is 197 g/mol. The lowest BCUT2D eigenvalue weighted by Gasteiger charge is -2.34. The van der Waals surface area contributed by atoms with E-state index in [-0.39, 0.29) is 5.54 Å². The highest BCUT2D eigenvalue weighted by molar-refractivity contribution is 4.91. The second-order valence-electron chi connectivity index (χ2n) is 5.48. The van der Waals surface area contributed by atoms with Crippen LogP contribution in [0.4, 0.5) is 0 Å². The van der Waals surface area contributed by atoms with Gasteiger partial charge < -0.3 is 10.1 Å². The van der Waals surface area contributed by atoms with Gasteiger partial charge in [-0.2, -0.15) is 0 Å². The van der Waals surface area contributed by atoms with Crippen molar-refractivity contribution in [2.75, 3.05) is 13.2 Å². The molecule has 0 radical (unpaired) electrons. The number of rotatable bonds is 2. The van der Waals surface area contributed by atoms with E-state index in [1.165, 1.54) is 32.1 Å². The van der Waals surface area contributed by atoms with Crippen LogP contribution in [0.1, 0.15) is 46.0 Å². The first-order chi connectivity index (χ1) is 6.68. The topological polar surface area (TPSA) is 21.3 Å². The van der Waals surface area contributed by atoms with Crippen molar-refractivity contribution in [2.24, 2.45) is 5.92 Å². The fourth-order valence-corrected chi connectivity index (χ4v) is 2.84. The second kappa shape index (κ2) is 4.19. The summed E-state index contributed by atoms with van der Waals surface area (Å²) in [6.07, 6.45) is 6.72. The first-order valence-electron chi connectivity index (χ1n) is 6.03. The van der Waals surface area contributed by atoms with E-state index < -0.39 is 0 Å². The van der Waals surface area contributed by atoms with Gasteiger partial charge in [-0.05, 0) is 32.1 Å². The Morgan fingerprint density at radius 2 is 2.21 bits per heavy atom. The first kappa shape index (κ1) is 10.4. The lowest BCUT2D eigenvalue weighted by Crippen LogP contribution is -2.50. The van der Waals surface area contributed by atoms with E-state index in [4.69, 9.17) is 4.74 Å². The summed E-state index contributed by atoms with van der Waals surface area (Å²) in [5.41, 5.74) is 0.266. The van der Waals surface area contributed by atoms with Crippen molar-refractivity contribution in [1.29, 1.82) is 0 Å². The Bertz CT molecular complexity index is 187. The molecule has 2 heteroatoms. The lowest BCUT2D eigenvalue weighted by atomic mass is 9.85. The largest absolute Gasteiger partial charge is 0.379 e. The van der Waals surface area contributed by atoms with Crippen LogP contribution in [-0.4, -0.2) is 24.8 Å². The van der Waals surface area contributed by atoms with Crippen LogP contribution in [-0.2, 0) is 4.74 Å². The summed E-state index contributed by atoms with van der Waals surface area (Å²) in [5.74, 6) is 0.909. The van der Waals surface area contributed by atoms with Crippen molar-refractivity contribution >= 4 is 0 Å². The smallest absolute Gasteiger partial charge is 0.0646 e. The van der Waals surface area contributed by atoms with Crippen LogP contribution in [0.5, 0.6) is 0 Å². The predicted molar refractivity (Wildman–Crippen MR) is 58.4 cm³/mol. The average molecular weight is 197 g/mol. The standard InChI is InChI=1S/C12H23NO/c1-10-4-3-5-11(8-10)13-12(2)6-7-14-9-12/h10-11,13H,3-9H2,1-2H3. The van der Waals surface area contributed by atoms with E-state index in [1.807, 2.05) is 0 Å². The zero-order chi connectivity index (χ0) is 10.0. The van der Waals surface area contributed by atoms with Crippen LogP contribution >= 0.6 is 0 Å². The third-order valence-corrected chi connectivity index (χ3v) is 3.71. The molecule has 0 spiro atoms. The number of hydrogen-bond acceptors (Lipinski definition) is 2. The average Bonchev–Trinajstić information content (AvgIpc) is 2.51. The fourth-order valence-electron chi connectivity index (χ4n) is 2.84. The summed E-state index contributed by atoms with van der Waals surface area (Å²) >= 11 is 0. The minimum Gasteiger partial charge on any atom is -0.379 e. The molecule has 82 valence electrons. The minimum absolute atomic E-state index is 0.266. The Hall–Kier alpha value is -0.0800. The summed E-state index contributed by atoms with van der Waals surface area (Å²) in [7, 11) is 0. The van der Waals surface area contributed by atoms with Crippen molar-refractivity contribution < 1.29 is 4.74 Å². The van der Waals surface area contributed by atoms with Gasteiger partial charge in [-0.25, -0.2) is 0 Å². The molecule has 0 amide bonds. The van der Waals surface area contributed by atoms with E-state index in [9.17, 15) is 0 Å². The SMILES string of the molecule is CC1CCCC(NC2(C)CCOC2)C1. The molecular formula is C12H23NO. The Kier molecular flexibility index (Phi) is 3.13. The van der Waals surface area contributed by atoms with Gasteiger partial charge in [0.1, 0.15) is 0 Å². The Morgan fingerprint density at radius 1 is 1.36 bits per heavy atom. The van der Waals surface area contributed by atoms with Gasteiger partial charge in [-0.1, -0.05) is 19.8 Å². The van der Waals surface area contributed by atoms with Gasteiger partial charge in [0.05, 0.1) is 6.61 Å². The van der Waals surface area contributed by atoms with E-state index in [2.05, 4.69) is 19.2 Å². The molecule has 2 nitrogen and oxygen atoms in total. The maximum Gasteiger partial charge on any atom is 0.0646 e. The van der Waals surface area contributed by atoms with E-state index in [1.54, 1.807) is 0 Å². The summed E-state index contributed by atoms with van der Waals surface area (Å²) in [4.78, 5) is 0. The molecule has 1 aliphatic carbocycles. The van der Waals surface area contributed by atoms with Crippen LogP contribution < -0.4 is 5.32 Å². The summed E-state index contributed by atoms with van der Waals surface area (Å²) < 4.78 is 5.47. The maximum atomic E-state index is 5.47. The second-order valence-corrected chi connectivity index (χ2v) is 5.48. The molecule has 2 rings (SSSR count). The van der Waals surface area contributed by atoms with Crippen molar-refractivity contribution in [3.05, 3.63) is 0 Å². The fraction of sp³-hybridized carbons (Fsp3) is 1.00. The molecule has 0 aromatic heterocycles. The van der Waals surface area contributed by atoms with Crippen molar-refractivity contribution in [2.45, 2.75) is 57.5 Å². The van der Waals surface area contributed by atoms with E-state index >= 15 is 0 Å². The lowest BCUT2D eigenvalue weighted by molar-refractivity contribution is 0.158. The van der Waals surface area contributed by atoms with Gasteiger partial charge in [0.25, 0.3) is 0 Å². The van der Waals surface area contributed by atoms with Crippen molar-refractivity contribution in [1.82, 2.24) is 5.32 Å². The van der Waals surface area contributed by atoms with Crippen LogP contribution in [0.25, 0.3) is 0 Å². The predicted octanol–water partition coefficient (Wildman–Crippen LogP) is 2.33. The van der Waals surface area contributed by atoms with Crippen molar-refractivity contribution in [3.63, 3.8) is 0 Å². The highest BCUT2D eigenvalue weighted by Gasteiger charge is 2.32. The quantitative estimate of drug-likeness (QED) is 0.733. The van der Waals surface area contributed by atoms with Crippen LogP contribution in [0, 0.1) is 5.92 Å². The molecule has 1 N–H and O–H groups in total. The molecule has 0 bridgehead atoms.